The van der Waals surface area contributed by atoms with E-state index in [0.29, 0.717) is 0 Å². The highest BCUT2D eigenvalue weighted by Gasteiger charge is 2.29. The highest BCUT2D eigenvalue weighted by Crippen LogP contribution is 2.30. The van der Waals surface area contributed by atoms with Crippen LogP contribution in [0.2, 0.25) is 0 Å². The van der Waals surface area contributed by atoms with Crippen LogP contribution in [-0.2, 0) is 9.84 Å². The summed E-state index contributed by atoms with van der Waals surface area (Å²) in [6, 6.07) is 10.5. The molecule has 0 atom stereocenters. The third-order valence-electron chi connectivity index (χ3n) is 3.03. The number of methoxy groups -OCH3 is 1. The summed E-state index contributed by atoms with van der Waals surface area (Å²) in [5, 5.41) is 15.3. The first-order valence-electron chi connectivity index (χ1n) is 5.92. The fraction of sp³-hybridized carbons (Fsp3) is 0.0769. The zero-order chi connectivity index (χ0) is 15.0. The fourth-order valence-electron chi connectivity index (χ4n) is 2.03. The van der Waals surface area contributed by atoms with Crippen LogP contribution in [-0.4, -0.2) is 20.7 Å². The van der Waals surface area contributed by atoms with Crippen molar-refractivity contribution in [1.82, 2.24) is 5.16 Å². The Bertz CT molecular complexity index is 903. The zero-order valence-electron chi connectivity index (χ0n) is 10.9. The van der Waals surface area contributed by atoms with Crippen molar-refractivity contribution in [3.63, 3.8) is 0 Å². The van der Waals surface area contributed by atoms with E-state index < -0.39 is 9.84 Å². The number of fused-ring (bicyclic) bond motifs is 1. The van der Waals surface area contributed by atoms with Crippen molar-refractivity contribution in [2.75, 3.05) is 7.11 Å². The van der Waals surface area contributed by atoms with E-state index in [2.05, 4.69) is 9.79 Å². The third kappa shape index (κ3) is 2.00. The Kier molecular flexibility index (Phi) is 3.02. The lowest BCUT2D eigenvalue weighted by Crippen LogP contribution is -2.24. The van der Waals surface area contributed by atoms with E-state index in [-0.39, 0.29) is 31.5 Å². The van der Waals surface area contributed by atoms with E-state index in [1.165, 1.54) is 31.4 Å². The summed E-state index contributed by atoms with van der Waals surface area (Å²) < 4.78 is 34.8. The van der Waals surface area contributed by atoms with Crippen LogP contribution in [0.5, 0.6) is 5.75 Å². The maximum Gasteiger partial charge on any atom is 0.291 e. The quantitative estimate of drug-likeness (QED) is 0.677. The summed E-state index contributed by atoms with van der Waals surface area (Å²) in [4.78, 5) is -0.0355. The molecule has 1 heterocycles. The molecular weight excluding hydrogens is 296 g/mol. The van der Waals surface area contributed by atoms with Crippen molar-refractivity contribution in [3.8, 4) is 5.75 Å². The summed E-state index contributed by atoms with van der Waals surface area (Å²) in [7, 11) is -2.47. The van der Waals surface area contributed by atoms with Crippen LogP contribution in [0.15, 0.2) is 56.9 Å². The van der Waals surface area contributed by atoms with Gasteiger partial charge in [-0.05, 0) is 29.2 Å². The summed E-state index contributed by atoms with van der Waals surface area (Å²) >= 11 is 0. The smallest absolute Gasteiger partial charge is 0.291 e. The number of nitrogens with zero attached hydrogens (tertiary/aromatic N) is 2. The van der Waals surface area contributed by atoms with Crippen LogP contribution in [0.3, 0.4) is 0 Å². The first-order valence-corrected chi connectivity index (χ1v) is 7.40. The lowest BCUT2D eigenvalue weighted by molar-refractivity contribution is -0.783. The van der Waals surface area contributed by atoms with Crippen LogP contribution in [0.4, 0.5) is 0 Å². The molecule has 0 aliphatic carbocycles. The molecule has 0 amide bonds. The first-order chi connectivity index (χ1) is 10.1. The van der Waals surface area contributed by atoms with E-state index in [1.54, 1.807) is 18.2 Å². The van der Waals surface area contributed by atoms with E-state index in [4.69, 9.17) is 4.74 Å². The molecule has 0 unspecified atom stereocenters. The van der Waals surface area contributed by atoms with Crippen molar-refractivity contribution < 1.29 is 22.7 Å². The molecule has 0 aliphatic heterocycles. The second kappa shape index (κ2) is 4.74. The van der Waals surface area contributed by atoms with Crippen LogP contribution in [0.1, 0.15) is 0 Å². The third-order valence-corrected chi connectivity index (χ3v) is 4.83. The molecule has 0 bridgehead atoms. The number of sulfone groups is 1. The van der Waals surface area contributed by atoms with Crippen LogP contribution < -0.4 is 9.64 Å². The van der Waals surface area contributed by atoms with Crippen molar-refractivity contribution in [2.24, 2.45) is 0 Å². The van der Waals surface area contributed by atoms with Crippen molar-refractivity contribution in [2.45, 2.75) is 9.79 Å². The SMILES string of the molecule is COc1ccc(S(=O)(=O)c2ccccc2)c2c1no[n+]2[O-]. The van der Waals surface area contributed by atoms with Gasteiger partial charge in [0.1, 0.15) is 4.90 Å². The zero-order valence-corrected chi connectivity index (χ0v) is 11.7. The monoisotopic (exact) mass is 306 g/mol. The predicted molar refractivity (Wildman–Crippen MR) is 71.4 cm³/mol. The molecule has 0 spiro atoms. The Hall–Kier alpha value is -2.61. The molecule has 0 radical (unpaired) electrons. The number of rotatable bonds is 3. The maximum atomic E-state index is 12.6. The minimum Gasteiger partial charge on any atom is -0.492 e. The van der Waals surface area contributed by atoms with Gasteiger partial charge in [0.2, 0.25) is 15.4 Å². The lowest BCUT2D eigenvalue weighted by atomic mass is 10.3. The fourth-order valence-corrected chi connectivity index (χ4v) is 3.48. The normalized spacial score (nSPS) is 11.7. The summed E-state index contributed by atoms with van der Waals surface area (Å²) in [5.74, 6) is 0.260. The van der Waals surface area contributed by atoms with Gasteiger partial charge in [0, 0.05) is 0 Å². The molecule has 3 rings (SSSR count). The minimum atomic E-state index is -3.86. The van der Waals surface area contributed by atoms with Crippen molar-refractivity contribution >= 4 is 20.9 Å². The maximum absolute atomic E-state index is 12.6. The van der Waals surface area contributed by atoms with E-state index >= 15 is 0 Å². The molecular formula is C13H10N2O5S. The molecule has 0 N–H and O–H groups in total. The standard InChI is InChI=1S/C13H10N2O5S/c1-19-10-7-8-11(13-12(10)14-20-15(13)16)21(17,18)9-5-3-2-4-6-9/h2-8H,1H3. The Labute approximate surface area is 119 Å². The van der Waals surface area contributed by atoms with Gasteiger partial charge in [-0.3, -0.25) is 4.63 Å². The molecule has 0 saturated carbocycles. The van der Waals surface area contributed by atoms with Gasteiger partial charge in [0.25, 0.3) is 5.52 Å². The van der Waals surface area contributed by atoms with Gasteiger partial charge in [-0.15, -0.1) is 0 Å². The Morgan fingerprint density at radius 1 is 1.19 bits per heavy atom. The second-order valence-electron chi connectivity index (χ2n) is 4.21. The highest BCUT2D eigenvalue weighted by atomic mass is 32.2. The van der Waals surface area contributed by atoms with Gasteiger partial charge in [0.15, 0.2) is 5.75 Å². The van der Waals surface area contributed by atoms with Gasteiger partial charge < -0.3 is 9.94 Å². The largest absolute Gasteiger partial charge is 0.492 e. The van der Waals surface area contributed by atoms with E-state index in [9.17, 15) is 13.6 Å². The Morgan fingerprint density at radius 2 is 1.90 bits per heavy atom. The average molecular weight is 306 g/mol. The average Bonchev–Trinajstić information content (AvgIpc) is 2.89. The summed E-state index contributed by atoms with van der Waals surface area (Å²) in [5.41, 5.74) is -0.122. The summed E-state index contributed by atoms with van der Waals surface area (Å²) in [6.07, 6.45) is 0. The van der Waals surface area contributed by atoms with Crippen molar-refractivity contribution in [3.05, 3.63) is 47.7 Å². The molecule has 3 aromatic rings. The number of hydrogen-bond donors (Lipinski definition) is 0. The molecule has 0 saturated heterocycles. The minimum absolute atomic E-state index is 0.0597. The second-order valence-corrected chi connectivity index (χ2v) is 6.13. The van der Waals surface area contributed by atoms with Gasteiger partial charge in [-0.25, -0.2) is 8.42 Å². The van der Waals surface area contributed by atoms with Gasteiger partial charge in [0.05, 0.1) is 17.2 Å². The molecule has 8 heteroatoms. The van der Waals surface area contributed by atoms with Crippen LogP contribution in [0, 0.1) is 5.21 Å². The Morgan fingerprint density at radius 3 is 2.57 bits per heavy atom. The van der Waals surface area contributed by atoms with Gasteiger partial charge in [-0.1, -0.05) is 18.2 Å². The topological polar surface area (TPSA) is 96.3 Å². The van der Waals surface area contributed by atoms with E-state index in [1.807, 2.05) is 0 Å². The molecule has 21 heavy (non-hydrogen) atoms. The molecule has 2 aromatic carbocycles. The molecule has 7 nitrogen and oxygen atoms in total. The molecule has 0 fully saturated rings. The highest BCUT2D eigenvalue weighted by molar-refractivity contribution is 7.91. The number of aromatic nitrogens is 2. The number of hydrogen-bond acceptors (Lipinski definition) is 6. The van der Waals surface area contributed by atoms with Crippen molar-refractivity contribution in [1.29, 1.82) is 0 Å². The van der Waals surface area contributed by atoms with Crippen LogP contribution >= 0.6 is 0 Å². The summed E-state index contributed by atoms with van der Waals surface area (Å²) in [6.45, 7) is 0. The predicted octanol–water partition coefficient (Wildman–Crippen LogP) is 1.30. The Balaban J connectivity index is 2.34. The van der Waals surface area contributed by atoms with Crippen LogP contribution in [0.25, 0.3) is 11.0 Å². The lowest BCUT2D eigenvalue weighted by Gasteiger charge is -2.05. The molecule has 0 aliphatic rings. The van der Waals surface area contributed by atoms with Gasteiger partial charge >= 0.3 is 0 Å². The van der Waals surface area contributed by atoms with Gasteiger partial charge in [-0.2, -0.15) is 0 Å². The molecule has 1 aromatic heterocycles. The number of ether oxygens (including phenoxy) is 1. The first kappa shape index (κ1) is 13.4. The number of benzene rings is 2. The molecule has 108 valence electrons. The van der Waals surface area contributed by atoms with E-state index in [0.717, 1.165) is 0 Å².